The lowest BCUT2D eigenvalue weighted by atomic mass is 10.0. The highest BCUT2D eigenvalue weighted by Crippen LogP contribution is 2.16. The highest BCUT2D eigenvalue weighted by Gasteiger charge is 2.16. The first-order valence-corrected chi connectivity index (χ1v) is 8.85. The van der Waals surface area contributed by atoms with E-state index in [0.29, 0.717) is 35.3 Å². The van der Waals surface area contributed by atoms with E-state index in [4.69, 9.17) is 0 Å². The van der Waals surface area contributed by atoms with E-state index < -0.39 is 6.10 Å². The van der Waals surface area contributed by atoms with Gasteiger partial charge in [-0.25, -0.2) is 4.39 Å². The summed E-state index contributed by atoms with van der Waals surface area (Å²) in [5.41, 5.74) is 2.20. The van der Waals surface area contributed by atoms with Crippen LogP contribution in [0.2, 0.25) is 0 Å². The smallest absolute Gasteiger partial charge is 0.257 e. The van der Waals surface area contributed by atoms with Crippen LogP contribution in [-0.4, -0.2) is 22.1 Å². The molecule has 2 aromatic carbocycles. The second-order valence-corrected chi connectivity index (χ2v) is 6.31. The Morgan fingerprint density at radius 3 is 2.56 bits per heavy atom. The second kappa shape index (κ2) is 9.05. The number of nitrogens with zero attached hydrogens (tertiary/aromatic N) is 1. The monoisotopic (exact) mass is 364 g/mol. The Hall–Kier alpha value is -3.05. The lowest BCUT2D eigenvalue weighted by molar-refractivity contribution is 0.102. The summed E-state index contributed by atoms with van der Waals surface area (Å²) in [6.07, 6.45) is 1.91. The van der Waals surface area contributed by atoms with Crippen molar-refractivity contribution in [1.29, 1.82) is 0 Å². The number of carbonyl (C=O) groups excluding carboxylic acids is 1. The quantitative estimate of drug-likeness (QED) is 0.666. The minimum absolute atomic E-state index is 0.229. The Morgan fingerprint density at radius 1 is 1.04 bits per heavy atom. The van der Waals surface area contributed by atoms with E-state index in [1.54, 1.807) is 48.7 Å². The van der Waals surface area contributed by atoms with Crippen molar-refractivity contribution in [2.75, 3.05) is 5.32 Å². The molecule has 138 valence electrons. The Balaban J connectivity index is 1.65. The Morgan fingerprint density at radius 2 is 1.78 bits per heavy atom. The number of rotatable bonds is 7. The van der Waals surface area contributed by atoms with E-state index >= 15 is 0 Å². The molecule has 4 nitrogen and oxygen atoms in total. The number of anilines is 1. The number of aliphatic hydroxyl groups excluding tert-OH is 1. The minimum atomic E-state index is -0.720. The maximum Gasteiger partial charge on any atom is 0.257 e. The van der Waals surface area contributed by atoms with Crippen molar-refractivity contribution in [2.45, 2.75) is 25.4 Å². The highest BCUT2D eigenvalue weighted by atomic mass is 19.1. The number of aromatic nitrogens is 1. The van der Waals surface area contributed by atoms with Crippen LogP contribution in [0.4, 0.5) is 10.1 Å². The van der Waals surface area contributed by atoms with Crippen molar-refractivity contribution in [3.63, 3.8) is 0 Å². The van der Waals surface area contributed by atoms with E-state index in [1.165, 1.54) is 6.07 Å². The maximum absolute atomic E-state index is 13.7. The van der Waals surface area contributed by atoms with Crippen molar-refractivity contribution in [2.24, 2.45) is 0 Å². The third-order valence-electron chi connectivity index (χ3n) is 4.30. The van der Waals surface area contributed by atoms with Gasteiger partial charge in [-0.2, -0.15) is 0 Å². The SMILES string of the molecule is O=C(Nc1ccccc1)c1cccnc1C[C@H](O)CCc1ccccc1F. The zero-order chi connectivity index (χ0) is 19.1. The molecule has 0 saturated heterocycles. The molecular weight excluding hydrogens is 343 g/mol. The van der Waals surface area contributed by atoms with Crippen molar-refractivity contribution >= 4 is 11.6 Å². The summed E-state index contributed by atoms with van der Waals surface area (Å²) in [7, 11) is 0. The Bertz CT molecular complexity index is 900. The predicted octanol–water partition coefficient (Wildman–Crippen LogP) is 4.01. The van der Waals surface area contributed by atoms with Crippen LogP contribution >= 0.6 is 0 Å². The van der Waals surface area contributed by atoms with Gasteiger partial charge in [0.2, 0.25) is 0 Å². The Labute approximate surface area is 157 Å². The summed E-state index contributed by atoms with van der Waals surface area (Å²) in [6, 6.07) is 19.1. The molecule has 3 rings (SSSR count). The standard InChI is InChI=1S/C22H21FN2O2/c23-20-11-5-4-7-16(20)12-13-18(26)15-21-19(10-6-14-24-21)22(27)25-17-8-2-1-3-9-17/h1-11,14,18,26H,12-13,15H2,(H,25,27)/t18-/m1/s1. The van der Waals surface area contributed by atoms with Gasteiger partial charge in [-0.05, 0) is 48.7 Å². The molecule has 0 bridgehead atoms. The molecule has 0 aliphatic rings. The van der Waals surface area contributed by atoms with Crippen LogP contribution in [-0.2, 0) is 12.8 Å². The van der Waals surface area contributed by atoms with Crippen LogP contribution in [0.3, 0.4) is 0 Å². The largest absolute Gasteiger partial charge is 0.393 e. The van der Waals surface area contributed by atoms with E-state index in [0.717, 1.165) is 0 Å². The molecule has 0 spiro atoms. The fourth-order valence-electron chi connectivity index (χ4n) is 2.88. The van der Waals surface area contributed by atoms with Crippen LogP contribution in [0.15, 0.2) is 72.9 Å². The molecule has 1 atom stereocenters. The molecule has 5 heteroatoms. The number of amides is 1. The van der Waals surface area contributed by atoms with Gasteiger partial charge in [0.15, 0.2) is 0 Å². The van der Waals surface area contributed by atoms with Gasteiger partial charge in [-0.3, -0.25) is 9.78 Å². The third kappa shape index (κ3) is 5.21. The first kappa shape index (κ1) is 18.7. The second-order valence-electron chi connectivity index (χ2n) is 6.31. The zero-order valence-electron chi connectivity index (χ0n) is 14.8. The Kier molecular flexibility index (Phi) is 6.28. The average Bonchev–Trinajstić information content (AvgIpc) is 2.68. The number of hydrogen-bond acceptors (Lipinski definition) is 3. The minimum Gasteiger partial charge on any atom is -0.393 e. The molecule has 0 fully saturated rings. The lowest BCUT2D eigenvalue weighted by Gasteiger charge is -2.13. The number of pyridine rings is 1. The molecule has 1 amide bonds. The van der Waals surface area contributed by atoms with Gasteiger partial charge in [0.25, 0.3) is 5.91 Å². The normalized spacial score (nSPS) is 11.8. The average molecular weight is 364 g/mol. The summed E-state index contributed by atoms with van der Waals surface area (Å²) >= 11 is 0. The van der Waals surface area contributed by atoms with Crippen LogP contribution in [0.25, 0.3) is 0 Å². The van der Waals surface area contributed by atoms with Gasteiger partial charge in [0, 0.05) is 18.3 Å². The molecule has 1 heterocycles. The van der Waals surface area contributed by atoms with Crippen molar-refractivity contribution in [3.05, 3.63) is 95.6 Å². The zero-order valence-corrected chi connectivity index (χ0v) is 14.8. The summed E-state index contributed by atoms with van der Waals surface area (Å²) in [6.45, 7) is 0. The van der Waals surface area contributed by atoms with Gasteiger partial charge in [-0.15, -0.1) is 0 Å². The number of halogens is 1. The summed E-state index contributed by atoms with van der Waals surface area (Å²) in [5.74, 6) is -0.545. The van der Waals surface area contributed by atoms with E-state index in [9.17, 15) is 14.3 Å². The van der Waals surface area contributed by atoms with Crippen LogP contribution in [0, 0.1) is 5.82 Å². The molecule has 27 heavy (non-hydrogen) atoms. The first-order chi connectivity index (χ1) is 13.1. The summed E-state index contributed by atoms with van der Waals surface area (Å²) < 4.78 is 13.7. The van der Waals surface area contributed by atoms with Gasteiger partial charge in [-0.1, -0.05) is 36.4 Å². The highest BCUT2D eigenvalue weighted by molar-refractivity contribution is 6.05. The molecular formula is C22H21FN2O2. The van der Waals surface area contributed by atoms with Crippen molar-refractivity contribution in [1.82, 2.24) is 4.98 Å². The van der Waals surface area contributed by atoms with Gasteiger partial charge >= 0.3 is 0 Å². The number of para-hydroxylation sites is 1. The molecule has 3 aromatic rings. The number of nitrogens with one attached hydrogen (secondary N) is 1. The van der Waals surface area contributed by atoms with Crippen LogP contribution in [0.1, 0.15) is 28.0 Å². The van der Waals surface area contributed by atoms with Gasteiger partial charge < -0.3 is 10.4 Å². The molecule has 0 unspecified atom stereocenters. The molecule has 0 aliphatic heterocycles. The number of carbonyl (C=O) groups is 1. The van der Waals surface area contributed by atoms with Gasteiger partial charge in [0.05, 0.1) is 17.4 Å². The number of benzene rings is 2. The fourth-order valence-corrected chi connectivity index (χ4v) is 2.88. The van der Waals surface area contributed by atoms with Crippen LogP contribution in [0.5, 0.6) is 0 Å². The van der Waals surface area contributed by atoms with Crippen LogP contribution < -0.4 is 5.32 Å². The van der Waals surface area contributed by atoms with Crippen molar-refractivity contribution < 1.29 is 14.3 Å². The van der Waals surface area contributed by atoms with E-state index in [1.807, 2.05) is 18.2 Å². The molecule has 0 saturated carbocycles. The topological polar surface area (TPSA) is 62.2 Å². The van der Waals surface area contributed by atoms with Gasteiger partial charge in [0.1, 0.15) is 5.82 Å². The lowest BCUT2D eigenvalue weighted by Crippen LogP contribution is -2.19. The van der Waals surface area contributed by atoms with Crippen molar-refractivity contribution in [3.8, 4) is 0 Å². The maximum atomic E-state index is 13.7. The number of aryl methyl sites for hydroxylation is 1. The molecule has 0 aliphatic carbocycles. The predicted molar refractivity (Wildman–Crippen MR) is 103 cm³/mol. The van der Waals surface area contributed by atoms with E-state index in [-0.39, 0.29) is 18.1 Å². The first-order valence-electron chi connectivity index (χ1n) is 8.85. The number of hydrogen-bond donors (Lipinski definition) is 2. The summed E-state index contributed by atoms with van der Waals surface area (Å²) in [4.78, 5) is 16.8. The fraction of sp³-hybridized carbons (Fsp3) is 0.182. The molecule has 0 radical (unpaired) electrons. The summed E-state index contributed by atoms with van der Waals surface area (Å²) in [5, 5.41) is 13.2. The molecule has 2 N–H and O–H groups in total. The molecule has 1 aromatic heterocycles. The third-order valence-corrected chi connectivity index (χ3v) is 4.30. The number of aliphatic hydroxyl groups is 1. The van der Waals surface area contributed by atoms with E-state index in [2.05, 4.69) is 10.3 Å².